The van der Waals surface area contributed by atoms with Gasteiger partial charge in [-0.05, 0) is 57.0 Å². The molecule has 162 valence electrons. The summed E-state index contributed by atoms with van der Waals surface area (Å²) in [6.45, 7) is 3.25. The molecule has 0 atom stereocenters. The standard InChI is InChI=1S/C21H33N3O4S/c1-28-20-11-10-18(29(26,27)24-14-8-4-5-9-15-24)16-19(20)22-21(25)17-23-12-6-2-3-7-13-23/h10-11,16H,2-9,12-15,17H2,1H3,(H,22,25). The molecule has 1 aromatic carbocycles. The first-order valence-electron chi connectivity index (χ1n) is 10.7. The van der Waals surface area contributed by atoms with Crippen LogP contribution in [0.5, 0.6) is 5.75 Å². The quantitative estimate of drug-likeness (QED) is 0.761. The van der Waals surface area contributed by atoms with Crippen LogP contribution in [0.1, 0.15) is 51.4 Å². The van der Waals surface area contributed by atoms with Crippen molar-refractivity contribution < 1.29 is 17.9 Å². The molecule has 0 radical (unpaired) electrons. The molecule has 2 saturated heterocycles. The second-order valence-corrected chi connectivity index (χ2v) is 9.86. The summed E-state index contributed by atoms with van der Waals surface area (Å²) in [5, 5.41) is 2.87. The van der Waals surface area contributed by atoms with Crippen molar-refractivity contribution >= 4 is 21.6 Å². The van der Waals surface area contributed by atoms with Gasteiger partial charge in [-0.2, -0.15) is 4.31 Å². The van der Waals surface area contributed by atoms with Crippen molar-refractivity contribution in [1.82, 2.24) is 9.21 Å². The summed E-state index contributed by atoms with van der Waals surface area (Å²) in [5.74, 6) is 0.318. The van der Waals surface area contributed by atoms with Crippen LogP contribution in [0.3, 0.4) is 0 Å². The summed E-state index contributed by atoms with van der Waals surface area (Å²) in [6.07, 6.45) is 8.54. The highest BCUT2D eigenvalue weighted by molar-refractivity contribution is 7.89. The summed E-state index contributed by atoms with van der Waals surface area (Å²) in [5.41, 5.74) is 0.406. The van der Waals surface area contributed by atoms with Crippen molar-refractivity contribution in [2.45, 2.75) is 56.3 Å². The van der Waals surface area contributed by atoms with E-state index in [2.05, 4.69) is 10.2 Å². The number of nitrogens with one attached hydrogen (secondary N) is 1. The maximum atomic E-state index is 13.1. The Bertz CT molecular complexity index is 781. The zero-order valence-corrected chi connectivity index (χ0v) is 18.2. The van der Waals surface area contributed by atoms with E-state index in [0.717, 1.165) is 51.6 Å². The Morgan fingerprint density at radius 2 is 1.55 bits per heavy atom. The number of nitrogens with zero attached hydrogens (tertiary/aromatic N) is 2. The van der Waals surface area contributed by atoms with Gasteiger partial charge in [-0.25, -0.2) is 8.42 Å². The molecule has 0 unspecified atom stereocenters. The number of rotatable bonds is 6. The van der Waals surface area contributed by atoms with Crippen LogP contribution in [0.2, 0.25) is 0 Å². The first kappa shape index (κ1) is 22.1. The lowest BCUT2D eigenvalue weighted by atomic mass is 10.2. The number of likely N-dealkylation sites (tertiary alicyclic amines) is 1. The van der Waals surface area contributed by atoms with Gasteiger partial charge in [0.25, 0.3) is 0 Å². The molecule has 1 amide bonds. The van der Waals surface area contributed by atoms with Gasteiger partial charge < -0.3 is 10.1 Å². The number of methoxy groups -OCH3 is 1. The van der Waals surface area contributed by atoms with E-state index in [-0.39, 0.29) is 10.8 Å². The molecule has 7 nitrogen and oxygen atoms in total. The molecule has 0 saturated carbocycles. The molecule has 2 fully saturated rings. The molecular formula is C21H33N3O4S. The molecule has 2 heterocycles. The van der Waals surface area contributed by atoms with Crippen molar-refractivity contribution in [3.05, 3.63) is 18.2 Å². The maximum absolute atomic E-state index is 13.1. The lowest BCUT2D eigenvalue weighted by molar-refractivity contribution is -0.117. The SMILES string of the molecule is COc1ccc(S(=O)(=O)N2CCCCCC2)cc1NC(=O)CN1CCCCCC1. The van der Waals surface area contributed by atoms with E-state index < -0.39 is 10.0 Å². The van der Waals surface area contributed by atoms with E-state index in [9.17, 15) is 13.2 Å². The van der Waals surface area contributed by atoms with Crippen LogP contribution in [0.25, 0.3) is 0 Å². The van der Waals surface area contributed by atoms with Crippen molar-refractivity contribution in [3.8, 4) is 5.75 Å². The number of hydrogen-bond donors (Lipinski definition) is 1. The lowest BCUT2D eigenvalue weighted by Gasteiger charge is -2.22. The van der Waals surface area contributed by atoms with Crippen molar-refractivity contribution in [2.24, 2.45) is 0 Å². The first-order chi connectivity index (χ1) is 14.0. The monoisotopic (exact) mass is 423 g/mol. The van der Waals surface area contributed by atoms with E-state index in [4.69, 9.17) is 4.74 Å². The van der Waals surface area contributed by atoms with Gasteiger partial charge in [0, 0.05) is 13.1 Å². The van der Waals surface area contributed by atoms with Gasteiger partial charge in [-0.15, -0.1) is 0 Å². The Kier molecular flexibility index (Phi) is 7.91. The fraction of sp³-hybridized carbons (Fsp3) is 0.667. The van der Waals surface area contributed by atoms with Gasteiger partial charge in [-0.3, -0.25) is 9.69 Å². The summed E-state index contributed by atoms with van der Waals surface area (Å²) in [7, 11) is -2.07. The van der Waals surface area contributed by atoms with E-state index >= 15 is 0 Å². The minimum Gasteiger partial charge on any atom is -0.495 e. The predicted molar refractivity (Wildman–Crippen MR) is 114 cm³/mol. The molecular weight excluding hydrogens is 390 g/mol. The van der Waals surface area contributed by atoms with Gasteiger partial charge in [0.05, 0.1) is 24.2 Å². The second kappa shape index (κ2) is 10.4. The molecule has 0 bridgehead atoms. The Hall–Kier alpha value is -1.64. The van der Waals surface area contributed by atoms with Crippen LogP contribution < -0.4 is 10.1 Å². The zero-order valence-electron chi connectivity index (χ0n) is 17.4. The summed E-state index contributed by atoms with van der Waals surface area (Å²) < 4.78 is 33.1. The van der Waals surface area contributed by atoms with E-state index in [1.165, 1.54) is 26.0 Å². The highest BCUT2D eigenvalue weighted by Crippen LogP contribution is 2.30. The molecule has 2 aliphatic rings. The predicted octanol–water partition coefficient (Wildman–Crippen LogP) is 3.07. The van der Waals surface area contributed by atoms with Crippen molar-refractivity contribution in [3.63, 3.8) is 0 Å². The topological polar surface area (TPSA) is 79.0 Å². The first-order valence-corrected chi connectivity index (χ1v) is 12.1. The van der Waals surface area contributed by atoms with Gasteiger partial charge in [0.15, 0.2) is 0 Å². The third-order valence-corrected chi connectivity index (χ3v) is 7.61. The lowest BCUT2D eigenvalue weighted by Crippen LogP contribution is -2.34. The van der Waals surface area contributed by atoms with Crippen molar-refractivity contribution in [1.29, 1.82) is 0 Å². The molecule has 29 heavy (non-hydrogen) atoms. The highest BCUT2D eigenvalue weighted by Gasteiger charge is 2.26. The molecule has 2 aliphatic heterocycles. The van der Waals surface area contributed by atoms with Crippen LogP contribution in [-0.4, -0.2) is 63.4 Å². The average molecular weight is 424 g/mol. The molecule has 8 heteroatoms. The molecule has 0 spiro atoms. The van der Waals surface area contributed by atoms with E-state index in [1.54, 1.807) is 16.4 Å². The van der Waals surface area contributed by atoms with Gasteiger partial charge in [0.2, 0.25) is 15.9 Å². The second-order valence-electron chi connectivity index (χ2n) is 7.92. The number of amides is 1. The molecule has 3 rings (SSSR count). The van der Waals surface area contributed by atoms with Crippen LogP contribution in [-0.2, 0) is 14.8 Å². The third-order valence-electron chi connectivity index (χ3n) is 5.71. The number of ether oxygens (including phenoxy) is 1. The summed E-state index contributed by atoms with van der Waals surface area (Å²) in [6, 6.07) is 4.70. The van der Waals surface area contributed by atoms with Crippen LogP contribution in [0.15, 0.2) is 23.1 Å². The fourth-order valence-electron chi connectivity index (χ4n) is 4.06. The molecule has 0 aromatic heterocycles. The molecule has 1 aromatic rings. The fourth-order valence-corrected chi connectivity index (χ4v) is 5.61. The Morgan fingerprint density at radius 3 is 2.14 bits per heavy atom. The highest BCUT2D eigenvalue weighted by atomic mass is 32.2. The minimum atomic E-state index is -3.58. The average Bonchev–Trinajstić information content (AvgIpc) is 3.13. The van der Waals surface area contributed by atoms with Crippen LogP contribution >= 0.6 is 0 Å². The minimum absolute atomic E-state index is 0.144. The summed E-state index contributed by atoms with van der Waals surface area (Å²) >= 11 is 0. The third kappa shape index (κ3) is 5.93. The Labute approximate surface area is 174 Å². The number of hydrogen-bond acceptors (Lipinski definition) is 5. The number of benzene rings is 1. The molecule has 0 aliphatic carbocycles. The summed E-state index contributed by atoms with van der Waals surface area (Å²) in [4.78, 5) is 15.0. The van der Waals surface area contributed by atoms with Crippen molar-refractivity contribution in [2.75, 3.05) is 45.2 Å². The van der Waals surface area contributed by atoms with E-state index in [1.807, 2.05) is 0 Å². The molecule has 1 N–H and O–H groups in total. The smallest absolute Gasteiger partial charge is 0.243 e. The number of carbonyl (C=O) groups excluding carboxylic acids is 1. The Balaban J connectivity index is 1.74. The zero-order chi connectivity index (χ0) is 20.7. The number of anilines is 1. The van der Waals surface area contributed by atoms with E-state index in [0.29, 0.717) is 31.1 Å². The maximum Gasteiger partial charge on any atom is 0.243 e. The normalized spacial score (nSPS) is 19.9. The number of sulfonamides is 1. The van der Waals surface area contributed by atoms with Gasteiger partial charge >= 0.3 is 0 Å². The Morgan fingerprint density at radius 1 is 0.966 bits per heavy atom. The van der Waals surface area contributed by atoms with Crippen LogP contribution in [0.4, 0.5) is 5.69 Å². The van der Waals surface area contributed by atoms with Gasteiger partial charge in [0.1, 0.15) is 5.75 Å². The number of carbonyl (C=O) groups is 1. The largest absolute Gasteiger partial charge is 0.495 e. The van der Waals surface area contributed by atoms with Crippen LogP contribution in [0, 0.1) is 0 Å². The van der Waals surface area contributed by atoms with Gasteiger partial charge in [-0.1, -0.05) is 25.7 Å².